The van der Waals surface area contributed by atoms with Crippen molar-refractivity contribution in [2.45, 2.75) is 51.9 Å². The quantitative estimate of drug-likeness (QED) is 0.190. The van der Waals surface area contributed by atoms with E-state index in [2.05, 4.69) is 72.2 Å². The van der Waals surface area contributed by atoms with Gasteiger partial charge in [-0.05, 0) is 49.2 Å². The Morgan fingerprint density at radius 1 is 0.760 bits per heavy atom. The van der Waals surface area contributed by atoms with E-state index in [1.54, 1.807) is 0 Å². The number of hydrogen-bond donors (Lipinski definition) is 4. The summed E-state index contributed by atoms with van der Waals surface area (Å²) in [4.78, 5) is 66.3. The van der Waals surface area contributed by atoms with Gasteiger partial charge >= 0.3 is 0 Å². The Bertz CT molecular complexity index is 2220. The molecule has 0 saturated carbocycles. The number of H-pyrrole nitrogens is 2. The van der Waals surface area contributed by atoms with Crippen LogP contribution in [0.1, 0.15) is 38.3 Å². The Morgan fingerprint density at radius 3 is 1.58 bits per heavy atom. The summed E-state index contributed by atoms with van der Waals surface area (Å²) in [5, 5.41) is 7.49. The Labute approximate surface area is 301 Å². The normalized spacial score (nSPS) is 18.2. The number of aromatic nitrogens is 4. The number of nitrogens with one attached hydrogen (secondary N) is 4. The summed E-state index contributed by atoms with van der Waals surface area (Å²) < 4.78 is 13.1. The molecule has 14 nitrogen and oxygen atoms in total. The summed E-state index contributed by atoms with van der Waals surface area (Å²) in [6, 6.07) is 11.5. The maximum absolute atomic E-state index is 12.4. The lowest BCUT2D eigenvalue weighted by molar-refractivity contribution is -0.120. The van der Waals surface area contributed by atoms with E-state index in [1.165, 1.54) is 13.8 Å². The molecule has 0 bridgehead atoms. The number of fused-ring (bicyclic) bond motifs is 6. The number of furan rings is 2. The van der Waals surface area contributed by atoms with Crippen molar-refractivity contribution in [3.63, 3.8) is 0 Å². The summed E-state index contributed by atoms with van der Waals surface area (Å²) >= 11 is 6.88. The molecule has 4 N–H and O–H groups in total. The fourth-order valence-corrected chi connectivity index (χ4v) is 7.40. The molecule has 6 heterocycles. The average molecular weight is 811 g/mol. The van der Waals surface area contributed by atoms with Crippen LogP contribution in [0.15, 0.2) is 63.8 Å². The third kappa shape index (κ3) is 7.38. The zero-order chi connectivity index (χ0) is 35.1. The number of benzene rings is 2. The van der Waals surface area contributed by atoms with Gasteiger partial charge in [0.2, 0.25) is 23.0 Å². The minimum atomic E-state index is -0.273. The lowest BCUT2D eigenvalue weighted by atomic mass is 10.2. The number of aromatic amines is 2. The summed E-state index contributed by atoms with van der Waals surface area (Å²) in [6.07, 6.45) is 1.79. The van der Waals surface area contributed by atoms with Gasteiger partial charge in [-0.15, -0.1) is 0 Å². The van der Waals surface area contributed by atoms with Gasteiger partial charge in [0.1, 0.15) is 33.8 Å². The van der Waals surface area contributed by atoms with E-state index in [0.717, 1.165) is 58.7 Å². The Hall–Kier alpha value is -4.38. The molecule has 2 atom stereocenters. The first-order chi connectivity index (χ1) is 24.0. The zero-order valence-electron chi connectivity index (χ0n) is 27.3. The van der Waals surface area contributed by atoms with Gasteiger partial charge in [-0.1, -0.05) is 31.9 Å². The molecule has 16 heteroatoms. The van der Waals surface area contributed by atoms with Crippen LogP contribution in [0.3, 0.4) is 0 Å². The molecule has 260 valence electrons. The Morgan fingerprint density at radius 2 is 1.18 bits per heavy atom. The average Bonchev–Trinajstić information content (AvgIpc) is 3.84. The molecule has 50 heavy (non-hydrogen) atoms. The second-order valence-electron chi connectivity index (χ2n) is 12.7. The topological polar surface area (TPSA) is 182 Å². The number of likely N-dealkylation sites (tertiary alicyclic amines) is 2. The van der Waals surface area contributed by atoms with Crippen molar-refractivity contribution in [2.75, 3.05) is 26.2 Å². The van der Waals surface area contributed by atoms with Gasteiger partial charge in [0.25, 0.3) is 11.1 Å². The molecule has 2 aliphatic heterocycles. The van der Waals surface area contributed by atoms with Crippen molar-refractivity contribution in [1.82, 2.24) is 40.4 Å². The van der Waals surface area contributed by atoms with E-state index < -0.39 is 0 Å². The molecule has 0 spiro atoms. The summed E-state index contributed by atoms with van der Waals surface area (Å²) in [7, 11) is 0. The van der Waals surface area contributed by atoms with Gasteiger partial charge in [0.05, 0.1) is 13.1 Å². The zero-order valence-corrected chi connectivity index (χ0v) is 30.4. The van der Waals surface area contributed by atoms with E-state index in [4.69, 9.17) is 8.83 Å². The molecule has 2 aliphatic rings. The predicted molar refractivity (Wildman–Crippen MR) is 195 cm³/mol. The van der Waals surface area contributed by atoms with E-state index in [9.17, 15) is 19.2 Å². The SMILES string of the molecule is CC(=O)N[C@@H]1CCN(Cc2nc3c(oc4ccc(Br)cc43)c(=O)[nH]2)C1.CC(=O)N[C@@H]1CCN(Cc2nc3c(oc4ccc(Br)cc43)c(=O)[nH]2)C1. The van der Waals surface area contributed by atoms with E-state index in [-0.39, 0.29) is 46.2 Å². The lowest BCUT2D eigenvalue weighted by Crippen LogP contribution is -2.35. The number of nitrogens with zero attached hydrogens (tertiary/aromatic N) is 4. The molecule has 2 aromatic carbocycles. The van der Waals surface area contributed by atoms with Crippen LogP contribution in [-0.4, -0.2) is 79.8 Å². The minimum absolute atomic E-state index is 0.0183. The van der Waals surface area contributed by atoms with Gasteiger partial charge in [0.15, 0.2) is 0 Å². The highest BCUT2D eigenvalue weighted by molar-refractivity contribution is 9.10. The van der Waals surface area contributed by atoms with Crippen molar-refractivity contribution in [1.29, 1.82) is 0 Å². The molecular formula is C34H34Br2N8O6. The molecule has 2 fully saturated rings. The van der Waals surface area contributed by atoms with Gasteiger partial charge in [0, 0.05) is 71.8 Å². The van der Waals surface area contributed by atoms with Crippen LogP contribution in [0, 0.1) is 0 Å². The van der Waals surface area contributed by atoms with Crippen LogP contribution in [0.5, 0.6) is 0 Å². The minimum Gasteiger partial charge on any atom is -0.449 e. The van der Waals surface area contributed by atoms with Gasteiger partial charge in [-0.2, -0.15) is 0 Å². The molecular weight excluding hydrogens is 776 g/mol. The van der Waals surface area contributed by atoms with Gasteiger partial charge < -0.3 is 29.4 Å². The number of halogens is 2. The van der Waals surface area contributed by atoms with Crippen LogP contribution in [-0.2, 0) is 22.7 Å². The maximum Gasteiger partial charge on any atom is 0.294 e. The molecule has 0 unspecified atom stereocenters. The molecule has 2 saturated heterocycles. The van der Waals surface area contributed by atoms with E-state index in [1.807, 2.05) is 36.4 Å². The van der Waals surface area contributed by atoms with Crippen molar-refractivity contribution < 1.29 is 18.4 Å². The molecule has 2 amide bonds. The van der Waals surface area contributed by atoms with E-state index >= 15 is 0 Å². The summed E-state index contributed by atoms with van der Waals surface area (Å²) in [5.41, 5.74) is 2.37. The summed E-state index contributed by atoms with van der Waals surface area (Å²) in [5.74, 6) is 1.16. The van der Waals surface area contributed by atoms with E-state index in [0.29, 0.717) is 46.9 Å². The number of carbonyl (C=O) groups excluding carboxylic acids is 2. The largest absolute Gasteiger partial charge is 0.449 e. The van der Waals surface area contributed by atoms with Crippen molar-refractivity contribution in [3.8, 4) is 0 Å². The Kier molecular flexibility index (Phi) is 9.61. The first kappa shape index (κ1) is 34.1. The molecule has 8 rings (SSSR count). The first-order valence-electron chi connectivity index (χ1n) is 16.2. The fourth-order valence-electron chi connectivity index (χ4n) is 6.68. The van der Waals surface area contributed by atoms with Gasteiger partial charge in [-0.3, -0.25) is 29.0 Å². The summed E-state index contributed by atoms with van der Waals surface area (Å²) in [6.45, 7) is 7.31. The van der Waals surface area contributed by atoms with Crippen LogP contribution in [0.4, 0.5) is 0 Å². The fraction of sp³-hybridized carbons (Fsp3) is 0.353. The second kappa shape index (κ2) is 14.1. The molecule has 6 aromatic rings. The highest BCUT2D eigenvalue weighted by Gasteiger charge is 2.25. The number of amides is 2. The standard InChI is InChI=1S/2C17H17BrN4O3/c2*1-9(23)19-11-4-5-22(7-11)8-14-20-15-12-6-10(18)2-3-13(12)25-16(15)17(24)21-14/h2*2-3,6,11H,4-5,7-8H2,1H3,(H,19,23)(H,20,21,24)/t2*11-/m11/s1. The third-order valence-corrected chi connectivity index (χ3v) is 9.76. The molecule has 4 aromatic heterocycles. The monoisotopic (exact) mass is 808 g/mol. The van der Waals surface area contributed by atoms with Gasteiger partial charge in [-0.25, -0.2) is 9.97 Å². The number of rotatable bonds is 6. The van der Waals surface area contributed by atoms with Crippen molar-refractivity contribution in [2.24, 2.45) is 0 Å². The smallest absolute Gasteiger partial charge is 0.294 e. The predicted octanol–water partition coefficient (Wildman–Crippen LogP) is 4.28. The van der Waals surface area contributed by atoms with Crippen molar-refractivity contribution >= 4 is 87.8 Å². The van der Waals surface area contributed by atoms with Crippen LogP contribution in [0.2, 0.25) is 0 Å². The third-order valence-electron chi connectivity index (χ3n) is 8.78. The van der Waals surface area contributed by atoms with Crippen LogP contribution in [0.25, 0.3) is 44.1 Å². The highest BCUT2D eigenvalue weighted by atomic mass is 79.9. The van der Waals surface area contributed by atoms with Crippen LogP contribution >= 0.6 is 31.9 Å². The number of carbonyl (C=O) groups is 2. The maximum atomic E-state index is 12.4. The second-order valence-corrected chi connectivity index (χ2v) is 14.5. The lowest BCUT2D eigenvalue weighted by Gasteiger charge is -2.15. The highest BCUT2D eigenvalue weighted by Crippen LogP contribution is 2.29. The molecule has 0 aliphatic carbocycles. The Balaban J connectivity index is 0.000000157. The first-order valence-corrected chi connectivity index (χ1v) is 17.8. The van der Waals surface area contributed by atoms with Crippen LogP contribution < -0.4 is 21.8 Å². The van der Waals surface area contributed by atoms with Crippen molar-refractivity contribution in [3.05, 3.63) is 77.7 Å². The number of hydrogen-bond acceptors (Lipinski definition) is 10. The molecule has 0 radical (unpaired) electrons.